The molecule has 1 fully saturated rings. The Kier molecular flexibility index (Phi) is 6.20. The van der Waals surface area contributed by atoms with Crippen molar-refractivity contribution in [1.29, 1.82) is 0 Å². The quantitative estimate of drug-likeness (QED) is 0.709. The molecule has 1 amide bonds. The third kappa shape index (κ3) is 4.14. The third-order valence-electron chi connectivity index (χ3n) is 6.12. The van der Waals surface area contributed by atoms with E-state index in [9.17, 15) is 13.2 Å². The standard InChI is InChI=1S/C23H28N2O5S/c1-29-21-11-10-19(15-22(21)30-2)31(27,28)25-16-18-9-5-4-8-17(18)14-20(25)23(26)24-12-6-3-7-13-24/h4-5,8-11,15,20H,3,6-7,12-14,16H2,1-2H3. The van der Waals surface area contributed by atoms with Gasteiger partial charge in [0.05, 0.1) is 19.1 Å². The zero-order valence-corrected chi connectivity index (χ0v) is 18.7. The number of ether oxygens (including phenoxy) is 2. The van der Waals surface area contributed by atoms with Gasteiger partial charge in [0.2, 0.25) is 15.9 Å². The molecule has 2 aliphatic heterocycles. The summed E-state index contributed by atoms with van der Waals surface area (Å²) >= 11 is 0. The molecule has 0 aromatic heterocycles. The van der Waals surface area contributed by atoms with Gasteiger partial charge in [-0.25, -0.2) is 8.42 Å². The number of nitrogens with zero attached hydrogens (tertiary/aromatic N) is 2. The Morgan fingerprint density at radius 2 is 1.61 bits per heavy atom. The van der Waals surface area contributed by atoms with E-state index in [4.69, 9.17) is 9.47 Å². The molecule has 0 N–H and O–H groups in total. The molecule has 7 nitrogen and oxygen atoms in total. The van der Waals surface area contributed by atoms with E-state index >= 15 is 0 Å². The van der Waals surface area contributed by atoms with Crippen LogP contribution in [0.5, 0.6) is 11.5 Å². The molecule has 2 heterocycles. The van der Waals surface area contributed by atoms with Crippen LogP contribution in [0.15, 0.2) is 47.4 Å². The number of piperidine rings is 1. The van der Waals surface area contributed by atoms with Crippen LogP contribution < -0.4 is 9.47 Å². The summed E-state index contributed by atoms with van der Waals surface area (Å²) < 4.78 is 39.3. The lowest BCUT2D eigenvalue weighted by molar-refractivity contribution is -0.136. The summed E-state index contributed by atoms with van der Waals surface area (Å²) in [7, 11) is -0.978. The van der Waals surface area contributed by atoms with Crippen LogP contribution in [0.1, 0.15) is 30.4 Å². The first-order valence-corrected chi connectivity index (χ1v) is 12.0. The Balaban J connectivity index is 1.74. The van der Waals surface area contributed by atoms with E-state index in [1.54, 1.807) is 6.07 Å². The molecular formula is C23H28N2O5S. The zero-order valence-electron chi connectivity index (χ0n) is 17.9. The number of rotatable bonds is 5. The molecule has 2 aromatic rings. The van der Waals surface area contributed by atoms with E-state index in [2.05, 4.69) is 0 Å². The molecule has 2 aromatic carbocycles. The van der Waals surface area contributed by atoms with Gasteiger partial charge < -0.3 is 14.4 Å². The van der Waals surface area contributed by atoms with E-state index < -0.39 is 16.1 Å². The minimum Gasteiger partial charge on any atom is -0.493 e. The van der Waals surface area contributed by atoms with Crippen LogP contribution in [0.25, 0.3) is 0 Å². The molecule has 1 saturated heterocycles. The maximum absolute atomic E-state index is 13.7. The lowest BCUT2D eigenvalue weighted by Crippen LogP contribution is -2.54. The fourth-order valence-corrected chi connectivity index (χ4v) is 5.98. The summed E-state index contributed by atoms with van der Waals surface area (Å²) in [4.78, 5) is 15.4. The second-order valence-corrected chi connectivity index (χ2v) is 9.83. The average Bonchev–Trinajstić information content (AvgIpc) is 2.82. The number of amides is 1. The Labute approximate surface area is 183 Å². The molecule has 2 aliphatic rings. The van der Waals surface area contributed by atoms with Crippen molar-refractivity contribution in [2.45, 2.75) is 43.2 Å². The van der Waals surface area contributed by atoms with Gasteiger partial charge in [-0.05, 0) is 48.9 Å². The molecular weight excluding hydrogens is 416 g/mol. The summed E-state index contributed by atoms with van der Waals surface area (Å²) in [5.74, 6) is 0.671. The van der Waals surface area contributed by atoms with Crippen LogP contribution in [-0.2, 0) is 27.8 Å². The minimum absolute atomic E-state index is 0.0842. The van der Waals surface area contributed by atoms with Gasteiger partial charge in [0, 0.05) is 25.7 Å². The first kappa shape index (κ1) is 21.6. The van der Waals surface area contributed by atoms with Gasteiger partial charge in [0.15, 0.2) is 11.5 Å². The maximum Gasteiger partial charge on any atom is 0.244 e. The van der Waals surface area contributed by atoms with E-state index in [0.29, 0.717) is 31.0 Å². The molecule has 0 aliphatic carbocycles. The Bertz CT molecular complexity index is 1060. The Morgan fingerprint density at radius 1 is 0.935 bits per heavy atom. The van der Waals surface area contributed by atoms with Crippen molar-refractivity contribution in [1.82, 2.24) is 9.21 Å². The molecule has 0 bridgehead atoms. The molecule has 166 valence electrons. The number of sulfonamides is 1. The number of carbonyl (C=O) groups excluding carboxylic acids is 1. The highest BCUT2D eigenvalue weighted by Crippen LogP contribution is 2.34. The number of likely N-dealkylation sites (tertiary alicyclic amines) is 1. The predicted octanol–water partition coefficient (Wildman–Crippen LogP) is 2.83. The lowest BCUT2D eigenvalue weighted by Gasteiger charge is -2.38. The van der Waals surface area contributed by atoms with E-state index in [1.165, 1.54) is 30.7 Å². The van der Waals surface area contributed by atoms with Gasteiger partial charge in [0.1, 0.15) is 6.04 Å². The summed E-state index contributed by atoms with van der Waals surface area (Å²) in [6.45, 7) is 1.53. The molecule has 1 unspecified atom stereocenters. The molecule has 1 atom stereocenters. The van der Waals surface area contributed by atoms with E-state index in [-0.39, 0.29) is 17.3 Å². The number of fused-ring (bicyclic) bond motifs is 1. The van der Waals surface area contributed by atoms with Gasteiger partial charge in [-0.2, -0.15) is 4.31 Å². The maximum atomic E-state index is 13.7. The van der Waals surface area contributed by atoms with Gasteiger partial charge in [-0.3, -0.25) is 4.79 Å². The van der Waals surface area contributed by atoms with Crippen LogP contribution >= 0.6 is 0 Å². The van der Waals surface area contributed by atoms with Gasteiger partial charge in [0.25, 0.3) is 0 Å². The van der Waals surface area contributed by atoms with Crippen molar-refractivity contribution in [3.8, 4) is 11.5 Å². The Hall–Kier alpha value is -2.58. The summed E-state index contributed by atoms with van der Waals surface area (Å²) in [5.41, 5.74) is 1.95. The van der Waals surface area contributed by atoms with Crippen LogP contribution in [0.3, 0.4) is 0 Å². The van der Waals surface area contributed by atoms with Crippen molar-refractivity contribution in [3.05, 3.63) is 53.6 Å². The highest BCUT2D eigenvalue weighted by molar-refractivity contribution is 7.89. The topological polar surface area (TPSA) is 76.2 Å². The molecule has 0 radical (unpaired) electrons. The molecule has 8 heteroatoms. The summed E-state index contributed by atoms with van der Waals surface area (Å²) in [5, 5.41) is 0. The summed E-state index contributed by atoms with van der Waals surface area (Å²) in [6.07, 6.45) is 3.39. The highest BCUT2D eigenvalue weighted by Gasteiger charge is 2.41. The van der Waals surface area contributed by atoms with E-state index in [0.717, 1.165) is 30.4 Å². The smallest absolute Gasteiger partial charge is 0.244 e. The van der Waals surface area contributed by atoms with Gasteiger partial charge >= 0.3 is 0 Å². The first-order chi connectivity index (χ1) is 15.0. The van der Waals surface area contributed by atoms with Crippen molar-refractivity contribution < 1.29 is 22.7 Å². The van der Waals surface area contributed by atoms with Crippen molar-refractivity contribution >= 4 is 15.9 Å². The third-order valence-corrected chi connectivity index (χ3v) is 7.97. The second-order valence-electron chi connectivity index (χ2n) is 7.94. The van der Waals surface area contributed by atoms with Crippen molar-refractivity contribution in [2.24, 2.45) is 0 Å². The molecule has 0 saturated carbocycles. The SMILES string of the molecule is COc1ccc(S(=O)(=O)N2Cc3ccccc3CC2C(=O)N2CCCCC2)cc1OC. The summed E-state index contributed by atoms with van der Waals surface area (Å²) in [6, 6.07) is 11.5. The fraction of sp³-hybridized carbons (Fsp3) is 0.435. The molecule has 31 heavy (non-hydrogen) atoms. The average molecular weight is 445 g/mol. The first-order valence-electron chi connectivity index (χ1n) is 10.5. The highest BCUT2D eigenvalue weighted by atomic mass is 32.2. The second kappa shape index (κ2) is 8.88. The number of hydrogen-bond acceptors (Lipinski definition) is 5. The zero-order chi connectivity index (χ0) is 22.0. The number of carbonyl (C=O) groups is 1. The number of benzene rings is 2. The van der Waals surface area contributed by atoms with Crippen molar-refractivity contribution in [3.63, 3.8) is 0 Å². The lowest BCUT2D eigenvalue weighted by atomic mass is 9.94. The van der Waals surface area contributed by atoms with E-state index in [1.807, 2.05) is 29.2 Å². The number of hydrogen-bond donors (Lipinski definition) is 0. The van der Waals surface area contributed by atoms with Gasteiger partial charge in [-0.15, -0.1) is 0 Å². The van der Waals surface area contributed by atoms with Crippen LogP contribution in [0, 0.1) is 0 Å². The fourth-order valence-electron chi connectivity index (χ4n) is 4.40. The molecule has 0 spiro atoms. The van der Waals surface area contributed by atoms with Gasteiger partial charge in [-0.1, -0.05) is 24.3 Å². The minimum atomic E-state index is -3.94. The largest absolute Gasteiger partial charge is 0.493 e. The number of methoxy groups -OCH3 is 2. The monoisotopic (exact) mass is 444 g/mol. The Morgan fingerprint density at radius 3 is 2.29 bits per heavy atom. The van der Waals surface area contributed by atoms with Crippen LogP contribution in [-0.4, -0.2) is 56.9 Å². The molecule has 4 rings (SSSR count). The predicted molar refractivity (Wildman–Crippen MR) is 117 cm³/mol. The van der Waals surface area contributed by atoms with Crippen LogP contribution in [0.2, 0.25) is 0 Å². The van der Waals surface area contributed by atoms with Crippen LogP contribution in [0.4, 0.5) is 0 Å². The normalized spacial score (nSPS) is 19.5. The van der Waals surface area contributed by atoms with Crippen molar-refractivity contribution in [2.75, 3.05) is 27.3 Å².